The van der Waals surface area contributed by atoms with Crippen molar-refractivity contribution >= 4 is 28.3 Å². The molecule has 0 spiro atoms. The fourth-order valence-corrected chi connectivity index (χ4v) is 3.80. The number of benzene rings is 3. The number of hydrogen-bond acceptors (Lipinski definition) is 3. The summed E-state index contributed by atoms with van der Waals surface area (Å²) in [7, 11) is 0. The summed E-state index contributed by atoms with van der Waals surface area (Å²) in [4.78, 5) is 15.5. The standard InChI is InChI=1S/C24H18FNO3/c25-23-20(10-11-26-23)16-6-9-22(21(13-16)24(27)28)29-17-7-8-19-15(12-17)2-1-3-18(19)14-4-5-14/h1-3,6-10,12-14H,4-5,11H2,(H,27,28). The van der Waals surface area contributed by atoms with Crippen molar-refractivity contribution in [3.8, 4) is 11.5 Å². The minimum atomic E-state index is -1.13. The van der Waals surface area contributed by atoms with Gasteiger partial charge in [-0.05, 0) is 64.9 Å². The molecule has 0 amide bonds. The first-order valence-electron chi connectivity index (χ1n) is 9.59. The molecule has 5 heteroatoms. The summed E-state index contributed by atoms with van der Waals surface area (Å²) in [5.74, 6) is -0.278. The number of carbonyl (C=O) groups is 1. The second-order valence-corrected chi connectivity index (χ2v) is 7.37. The first kappa shape index (κ1) is 17.6. The molecule has 2 aliphatic rings. The Morgan fingerprint density at radius 3 is 2.69 bits per heavy atom. The van der Waals surface area contributed by atoms with E-state index in [2.05, 4.69) is 11.1 Å². The van der Waals surface area contributed by atoms with E-state index in [9.17, 15) is 14.3 Å². The van der Waals surface area contributed by atoms with Crippen LogP contribution in [0.15, 0.2) is 65.7 Å². The molecule has 1 saturated carbocycles. The molecule has 4 nitrogen and oxygen atoms in total. The van der Waals surface area contributed by atoms with Crippen molar-refractivity contribution in [2.24, 2.45) is 4.99 Å². The Morgan fingerprint density at radius 2 is 1.97 bits per heavy atom. The number of ether oxygens (including phenoxy) is 1. The fourth-order valence-electron chi connectivity index (χ4n) is 3.80. The summed E-state index contributed by atoms with van der Waals surface area (Å²) in [5, 5.41) is 11.9. The van der Waals surface area contributed by atoms with Gasteiger partial charge in [-0.2, -0.15) is 4.39 Å². The predicted octanol–water partition coefficient (Wildman–Crippen LogP) is 5.97. The number of halogens is 1. The van der Waals surface area contributed by atoms with E-state index < -0.39 is 11.9 Å². The molecule has 5 rings (SSSR count). The zero-order valence-electron chi connectivity index (χ0n) is 15.6. The highest BCUT2D eigenvalue weighted by molar-refractivity contribution is 6.20. The molecule has 0 aromatic heterocycles. The molecular formula is C24H18FNO3. The Balaban J connectivity index is 1.49. The van der Waals surface area contributed by atoms with Gasteiger partial charge in [0.25, 0.3) is 0 Å². The predicted molar refractivity (Wildman–Crippen MR) is 111 cm³/mol. The number of fused-ring (bicyclic) bond motifs is 1. The maximum absolute atomic E-state index is 13.8. The van der Waals surface area contributed by atoms with E-state index in [1.165, 1.54) is 29.9 Å². The van der Waals surface area contributed by atoms with Gasteiger partial charge in [0.2, 0.25) is 5.97 Å². The van der Waals surface area contributed by atoms with Gasteiger partial charge in [0.1, 0.15) is 17.1 Å². The van der Waals surface area contributed by atoms with Crippen LogP contribution in [0.25, 0.3) is 16.3 Å². The minimum absolute atomic E-state index is 0.0186. The van der Waals surface area contributed by atoms with Crippen LogP contribution < -0.4 is 4.74 Å². The summed E-state index contributed by atoms with van der Waals surface area (Å²) in [5.41, 5.74) is 2.13. The molecule has 29 heavy (non-hydrogen) atoms. The fraction of sp³-hybridized carbons (Fsp3) is 0.167. The number of aromatic carboxylic acids is 1. The van der Waals surface area contributed by atoms with Crippen molar-refractivity contribution < 1.29 is 19.0 Å². The number of allylic oxidation sites excluding steroid dienone is 1. The molecule has 1 N–H and O–H groups in total. The third-order valence-electron chi connectivity index (χ3n) is 5.40. The molecule has 144 valence electrons. The topological polar surface area (TPSA) is 58.9 Å². The molecule has 1 fully saturated rings. The van der Waals surface area contributed by atoms with Crippen molar-refractivity contribution in [2.45, 2.75) is 18.8 Å². The van der Waals surface area contributed by atoms with E-state index in [0.29, 0.717) is 22.8 Å². The maximum atomic E-state index is 13.8. The van der Waals surface area contributed by atoms with E-state index in [1.54, 1.807) is 18.2 Å². The molecular weight excluding hydrogens is 369 g/mol. The third kappa shape index (κ3) is 3.29. The average Bonchev–Trinajstić information content (AvgIpc) is 3.48. The Bertz CT molecular complexity index is 1210. The highest BCUT2D eigenvalue weighted by atomic mass is 19.1. The third-order valence-corrected chi connectivity index (χ3v) is 5.40. The first-order valence-corrected chi connectivity index (χ1v) is 9.59. The second kappa shape index (κ2) is 6.85. The summed E-state index contributed by atoms with van der Waals surface area (Å²) in [6, 6.07) is 16.7. The van der Waals surface area contributed by atoms with Crippen LogP contribution in [0.1, 0.15) is 40.2 Å². The maximum Gasteiger partial charge on any atom is 0.339 e. The monoisotopic (exact) mass is 387 g/mol. The van der Waals surface area contributed by atoms with E-state index in [1.807, 2.05) is 30.3 Å². The van der Waals surface area contributed by atoms with Gasteiger partial charge in [0, 0.05) is 5.57 Å². The van der Waals surface area contributed by atoms with Gasteiger partial charge in [0.15, 0.2) is 0 Å². The molecule has 0 radical (unpaired) electrons. The Kier molecular flexibility index (Phi) is 4.16. The zero-order chi connectivity index (χ0) is 20.0. The highest BCUT2D eigenvalue weighted by Gasteiger charge is 2.25. The SMILES string of the molecule is O=C(O)c1cc(C2=CCN=C2F)ccc1Oc1ccc2c(C3CC3)cccc2c1. The molecule has 0 saturated heterocycles. The normalized spacial score (nSPS) is 15.9. The molecule has 3 aromatic rings. The molecule has 0 unspecified atom stereocenters. The number of carboxylic acid groups (broad SMARTS) is 1. The average molecular weight is 387 g/mol. The van der Waals surface area contributed by atoms with Crippen molar-refractivity contribution in [1.82, 2.24) is 0 Å². The number of aliphatic imine (C=N–C) groups is 1. The molecule has 1 aliphatic heterocycles. The quantitative estimate of drug-likeness (QED) is 0.586. The van der Waals surface area contributed by atoms with E-state index in [0.717, 1.165) is 5.39 Å². The van der Waals surface area contributed by atoms with Crippen LogP contribution in [0.2, 0.25) is 0 Å². The van der Waals surface area contributed by atoms with Crippen LogP contribution in [-0.4, -0.2) is 23.6 Å². The van der Waals surface area contributed by atoms with E-state index in [4.69, 9.17) is 4.74 Å². The van der Waals surface area contributed by atoms with Crippen LogP contribution in [0, 0.1) is 0 Å². The lowest BCUT2D eigenvalue weighted by molar-refractivity contribution is 0.0694. The molecule has 3 aromatic carbocycles. The number of hydrogen-bond donors (Lipinski definition) is 1. The van der Waals surface area contributed by atoms with Crippen LogP contribution in [0.3, 0.4) is 0 Å². The minimum Gasteiger partial charge on any atom is -0.478 e. The van der Waals surface area contributed by atoms with Crippen LogP contribution in [0.4, 0.5) is 4.39 Å². The number of carboxylic acids is 1. The lowest BCUT2D eigenvalue weighted by atomic mass is 10.0. The largest absolute Gasteiger partial charge is 0.478 e. The lowest BCUT2D eigenvalue weighted by Crippen LogP contribution is -2.02. The van der Waals surface area contributed by atoms with Gasteiger partial charge in [-0.1, -0.05) is 36.4 Å². The Labute approximate surface area is 167 Å². The summed E-state index contributed by atoms with van der Waals surface area (Å²) in [6.07, 6.45) is 4.10. The smallest absolute Gasteiger partial charge is 0.339 e. The van der Waals surface area contributed by atoms with Crippen molar-refractivity contribution in [3.63, 3.8) is 0 Å². The van der Waals surface area contributed by atoms with Gasteiger partial charge in [-0.25, -0.2) is 4.79 Å². The molecule has 1 aliphatic carbocycles. The van der Waals surface area contributed by atoms with Crippen molar-refractivity contribution in [1.29, 1.82) is 0 Å². The van der Waals surface area contributed by atoms with Gasteiger partial charge >= 0.3 is 5.97 Å². The molecule has 0 atom stereocenters. The summed E-state index contributed by atoms with van der Waals surface area (Å²) >= 11 is 0. The van der Waals surface area contributed by atoms with Gasteiger partial charge in [-0.15, -0.1) is 0 Å². The lowest BCUT2D eigenvalue weighted by Gasteiger charge is -2.12. The summed E-state index contributed by atoms with van der Waals surface area (Å²) < 4.78 is 19.7. The Hall–Kier alpha value is -3.47. The molecule has 1 heterocycles. The van der Waals surface area contributed by atoms with Crippen molar-refractivity contribution in [2.75, 3.05) is 6.54 Å². The van der Waals surface area contributed by atoms with Gasteiger partial charge in [0.05, 0.1) is 6.54 Å². The zero-order valence-corrected chi connectivity index (χ0v) is 15.6. The highest BCUT2D eigenvalue weighted by Crippen LogP contribution is 2.43. The van der Waals surface area contributed by atoms with Gasteiger partial charge < -0.3 is 9.84 Å². The number of nitrogens with zero attached hydrogens (tertiary/aromatic N) is 1. The van der Waals surface area contributed by atoms with E-state index in [-0.39, 0.29) is 17.9 Å². The number of rotatable bonds is 5. The van der Waals surface area contributed by atoms with Gasteiger partial charge in [-0.3, -0.25) is 4.99 Å². The summed E-state index contributed by atoms with van der Waals surface area (Å²) in [6.45, 7) is 0.266. The van der Waals surface area contributed by atoms with Crippen molar-refractivity contribution in [3.05, 3.63) is 77.4 Å². The first-order chi connectivity index (χ1) is 14.1. The van der Waals surface area contributed by atoms with E-state index >= 15 is 0 Å². The van der Waals surface area contributed by atoms with Crippen LogP contribution in [-0.2, 0) is 0 Å². The second-order valence-electron chi connectivity index (χ2n) is 7.37. The molecule has 0 bridgehead atoms. The van der Waals surface area contributed by atoms with Crippen LogP contribution in [0.5, 0.6) is 11.5 Å². The Morgan fingerprint density at radius 1 is 1.10 bits per heavy atom. The van der Waals surface area contributed by atoms with Crippen LogP contribution >= 0.6 is 0 Å².